The van der Waals surface area contributed by atoms with Crippen LogP contribution in [0.3, 0.4) is 0 Å². The molecule has 2 aromatic rings. The molecule has 0 radical (unpaired) electrons. The number of benzene rings is 1. The van der Waals surface area contributed by atoms with Gasteiger partial charge >= 0.3 is 0 Å². The maximum atomic E-state index is 5.70. The van der Waals surface area contributed by atoms with E-state index >= 15 is 0 Å². The Morgan fingerprint density at radius 2 is 2.05 bits per heavy atom. The SMILES string of the molecule is CCNC(CC)c1ccc(OCc2cscn2)cc1. The van der Waals surface area contributed by atoms with E-state index in [2.05, 4.69) is 36.3 Å². The van der Waals surface area contributed by atoms with E-state index in [0.29, 0.717) is 12.6 Å². The lowest BCUT2D eigenvalue weighted by Crippen LogP contribution is -2.19. The zero-order valence-electron chi connectivity index (χ0n) is 11.4. The lowest BCUT2D eigenvalue weighted by molar-refractivity contribution is 0.302. The molecule has 1 N–H and O–H groups in total. The third-order valence-electron chi connectivity index (χ3n) is 3.01. The minimum Gasteiger partial charge on any atom is -0.487 e. The van der Waals surface area contributed by atoms with E-state index in [1.807, 2.05) is 23.0 Å². The van der Waals surface area contributed by atoms with Gasteiger partial charge in [0.15, 0.2) is 0 Å². The van der Waals surface area contributed by atoms with E-state index in [-0.39, 0.29) is 0 Å². The fourth-order valence-electron chi connectivity index (χ4n) is 2.01. The summed E-state index contributed by atoms with van der Waals surface area (Å²) in [6, 6.07) is 8.75. The standard InChI is InChI=1S/C15H20N2OS/c1-3-15(16-4-2)12-5-7-14(8-6-12)18-9-13-10-19-11-17-13/h5-8,10-11,15-16H,3-4,9H2,1-2H3. The van der Waals surface area contributed by atoms with Crippen LogP contribution in [0.25, 0.3) is 0 Å². The minimum absolute atomic E-state index is 0.428. The molecule has 102 valence electrons. The Bertz CT molecular complexity index is 467. The van der Waals surface area contributed by atoms with Gasteiger partial charge in [0.05, 0.1) is 11.2 Å². The molecule has 4 heteroatoms. The molecule has 0 bridgehead atoms. The molecule has 1 aromatic carbocycles. The monoisotopic (exact) mass is 276 g/mol. The van der Waals surface area contributed by atoms with Gasteiger partial charge in [-0.15, -0.1) is 11.3 Å². The molecule has 0 aliphatic rings. The van der Waals surface area contributed by atoms with E-state index in [4.69, 9.17) is 4.74 Å². The predicted octanol–water partition coefficient (Wildman–Crippen LogP) is 3.78. The van der Waals surface area contributed by atoms with E-state index in [1.54, 1.807) is 11.3 Å². The van der Waals surface area contributed by atoms with Crippen LogP contribution in [-0.2, 0) is 6.61 Å². The zero-order chi connectivity index (χ0) is 13.5. The van der Waals surface area contributed by atoms with Crippen molar-refractivity contribution in [2.75, 3.05) is 6.54 Å². The first-order valence-corrected chi connectivity index (χ1v) is 7.61. The molecule has 0 aliphatic carbocycles. The van der Waals surface area contributed by atoms with Gasteiger partial charge in [0.25, 0.3) is 0 Å². The highest BCUT2D eigenvalue weighted by molar-refractivity contribution is 7.07. The minimum atomic E-state index is 0.428. The largest absolute Gasteiger partial charge is 0.487 e. The highest BCUT2D eigenvalue weighted by atomic mass is 32.1. The molecule has 2 rings (SSSR count). The van der Waals surface area contributed by atoms with E-state index < -0.39 is 0 Å². The quantitative estimate of drug-likeness (QED) is 0.835. The average Bonchev–Trinajstić information content (AvgIpc) is 2.96. The van der Waals surface area contributed by atoms with Crippen molar-refractivity contribution in [3.63, 3.8) is 0 Å². The maximum absolute atomic E-state index is 5.70. The van der Waals surface area contributed by atoms with Crippen LogP contribution in [0.1, 0.15) is 37.6 Å². The van der Waals surface area contributed by atoms with Crippen LogP contribution >= 0.6 is 11.3 Å². The summed E-state index contributed by atoms with van der Waals surface area (Å²) < 4.78 is 5.70. The number of aromatic nitrogens is 1. The molecule has 19 heavy (non-hydrogen) atoms. The summed E-state index contributed by atoms with van der Waals surface area (Å²) in [5.41, 5.74) is 4.11. The second-order valence-corrected chi connectivity index (χ2v) is 5.07. The van der Waals surface area contributed by atoms with Crippen molar-refractivity contribution in [1.82, 2.24) is 10.3 Å². The first-order chi connectivity index (χ1) is 9.33. The molecule has 0 aliphatic heterocycles. The molecule has 0 amide bonds. The summed E-state index contributed by atoms with van der Waals surface area (Å²) in [6.07, 6.45) is 1.09. The van der Waals surface area contributed by atoms with Crippen LogP contribution in [-0.4, -0.2) is 11.5 Å². The van der Waals surface area contributed by atoms with Gasteiger partial charge in [-0.05, 0) is 30.7 Å². The van der Waals surface area contributed by atoms with Gasteiger partial charge in [0.1, 0.15) is 12.4 Å². The highest BCUT2D eigenvalue weighted by Crippen LogP contribution is 2.20. The Morgan fingerprint density at radius 3 is 2.63 bits per heavy atom. The number of ether oxygens (including phenoxy) is 1. The maximum Gasteiger partial charge on any atom is 0.131 e. The van der Waals surface area contributed by atoms with Crippen LogP contribution in [0, 0.1) is 0 Å². The Kier molecular flexibility index (Phi) is 5.36. The summed E-state index contributed by atoms with van der Waals surface area (Å²) in [4.78, 5) is 4.20. The van der Waals surface area contributed by atoms with Gasteiger partial charge in [0, 0.05) is 11.4 Å². The average molecular weight is 276 g/mol. The molecule has 0 saturated heterocycles. The van der Waals surface area contributed by atoms with Crippen molar-refractivity contribution in [2.45, 2.75) is 32.9 Å². The molecule has 1 unspecified atom stereocenters. The molecule has 0 saturated carbocycles. The van der Waals surface area contributed by atoms with Gasteiger partial charge in [-0.3, -0.25) is 0 Å². The summed E-state index contributed by atoms with van der Waals surface area (Å²) in [7, 11) is 0. The third kappa shape index (κ3) is 4.04. The molecular formula is C15H20N2OS. The van der Waals surface area contributed by atoms with Crippen molar-refractivity contribution < 1.29 is 4.74 Å². The fraction of sp³-hybridized carbons (Fsp3) is 0.400. The van der Waals surface area contributed by atoms with Crippen molar-refractivity contribution in [3.8, 4) is 5.75 Å². The molecule has 0 spiro atoms. The Morgan fingerprint density at radius 1 is 1.26 bits per heavy atom. The van der Waals surface area contributed by atoms with Crippen molar-refractivity contribution >= 4 is 11.3 Å². The fourth-order valence-corrected chi connectivity index (χ4v) is 2.55. The van der Waals surface area contributed by atoms with Crippen LogP contribution in [0.4, 0.5) is 0 Å². The number of nitrogens with one attached hydrogen (secondary N) is 1. The third-order valence-corrected chi connectivity index (χ3v) is 3.65. The van der Waals surface area contributed by atoms with E-state index in [0.717, 1.165) is 24.4 Å². The number of nitrogens with zero attached hydrogens (tertiary/aromatic N) is 1. The first kappa shape index (κ1) is 14.0. The Hall–Kier alpha value is -1.39. The van der Waals surface area contributed by atoms with Crippen molar-refractivity contribution in [1.29, 1.82) is 0 Å². The number of hydrogen-bond acceptors (Lipinski definition) is 4. The van der Waals surface area contributed by atoms with E-state index in [9.17, 15) is 0 Å². The summed E-state index contributed by atoms with van der Waals surface area (Å²) in [5.74, 6) is 0.892. The second kappa shape index (κ2) is 7.26. The summed E-state index contributed by atoms with van der Waals surface area (Å²) >= 11 is 1.59. The number of hydrogen-bond donors (Lipinski definition) is 1. The van der Waals surface area contributed by atoms with E-state index in [1.165, 1.54) is 5.56 Å². The summed E-state index contributed by atoms with van der Waals surface area (Å²) in [6.45, 7) is 5.85. The molecular weight excluding hydrogens is 256 g/mol. The van der Waals surface area contributed by atoms with Gasteiger partial charge in [-0.2, -0.15) is 0 Å². The van der Waals surface area contributed by atoms with Crippen LogP contribution in [0.5, 0.6) is 5.75 Å². The van der Waals surface area contributed by atoms with Gasteiger partial charge in [-0.1, -0.05) is 26.0 Å². The van der Waals surface area contributed by atoms with Crippen LogP contribution in [0.15, 0.2) is 35.2 Å². The van der Waals surface area contributed by atoms with Gasteiger partial charge in [0.2, 0.25) is 0 Å². The molecule has 3 nitrogen and oxygen atoms in total. The van der Waals surface area contributed by atoms with Crippen LogP contribution in [0.2, 0.25) is 0 Å². The van der Waals surface area contributed by atoms with Crippen molar-refractivity contribution in [3.05, 3.63) is 46.4 Å². The molecule has 0 fully saturated rings. The molecule has 1 heterocycles. The van der Waals surface area contributed by atoms with Crippen molar-refractivity contribution in [2.24, 2.45) is 0 Å². The Labute approximate surface area is 118 Å². The van der Waals surface area contributed by atoms with Gasteiger partial charge < -0.3 is 10.1 Å². The highest BCUT2D eigenvalue weighted by Gasteiger charge is 2.07. The van der Waals surface area contributed by atoms with Crippen LogP contribution < -0.4 is 10.1 Å². The number of rotatable bonds is 7. The summed E-state index contributed by atoms with van der Waals surface area (Å²) in [5, 5.41) is 5.48. The second-order valence-electron chi connectivity index (χ2n) is 4.36. The topological polar surface area (TPSA) is 34.1 Å². The lowest BCUT2D eigenvalue weighted by atomic mass is 10.0. The smallest absolute Gasteiger partial charge is 0.131 e. The Balaban J connectivity index is 1.93. The molecule has 1 aromatic heterocycles. The normalized spacial score (nSPS) is 12.3. The predicted molar refractivity (Wildman–Crippen MR) is 79.6 cm³/mol. The molecule has 1 atom stereocenters. The lowest BCUT2D eigenvalue weighted by Gasteiger charge is -2.16. The number of thiazole rings is 1. The van der Waals surface area contributed by atoms with Gasteiger partial charge in [-0.25, -0.2) is 4.98 Å². The first-order valence-electron chi connectivity index (χ1n) is 6.66. The zero-order valence-corrected chi connectivity index (χ0v) is 12.2.